The lowest BCUT2D eigenvalue weighted by Crippen LogP contribution is -2.24. The zero-order valence-corrected chi connectivity index (χ0v) is 14.5. The van der Waals surface area contributed by atoms with Crippen molar-refractivity contribution in [1.29, 1.82) is 0 Å². The number of anilines is 2. The van der Waals surface area contributed by atoms with E-state index < -0.39 is 0 Å². The summed E-state index contributed by atoms with van der Waals surface area (Å²) in [6, 6.07) is 18.9. The lowest BCUT2D eigenvalue weighted by atomic mass is 10.1. The molecule has 0 aliphatic heterocycles. The fraction of sp³-hybridized carbons (Fsp3) is 0.0476. The highest BCUT2D eigenvalue weighted by Gasteiger charge is 2.09. The number of benzene rings is 1. The summed E-state index contributed by atoms with van der Waals surface area (Å²) in [5.74, 6) is 1.02. The summed E-state index contributed by atoms with van der Waals surface area (Å²) < 4.78 is 0. The number of rotatable bonds is 5. The highest BCUT2D eigenvalue weighted by molar-refractivity contribution is 5.94. The Morgan fingerprint density at radius 1 is 0.926 bits per heavy atom. The molecule has 0 atom stereocenters. The standard InChI is InChI=1S/C21H17N5O/c27-21(24-14-15-5-4-11-22-13-15)18-8-3-9-19(25-18)26-20-17-7-2-1-6-16(17)10-12-23-20/h1-13H,14H2,(H,24,27)(H,23,25,26). The van der Waals surface area contributed by atoms with Gasteiger partial charge in [0.25, 0.3) is 5.91 Å². The van der Waals surface area contributed by atoms with Gasteiger partial charge in [0, 0.05) is 30.5 Å². The Bertz CT molecular complexity index is 1080. The van der Waals surface area contributed by atoms with Crippen LogP contribution in [0.5, 0.6) is 0 Å². The molecule has 3 aromatic heterocycles. The molecule has 0 fully saturated rings. The summed E-state index contributed by atoms with van der Waals surface area (Å²) >= 11 is 0. The second kappa shape index (κ2) is 7.61. The topological polar surface area (TPSA) is 79.8 Å². The number of carbonyl (C=O) groups excluding carboxylic acids is 1. The molecular formula is C21H17N5O. The zero-order chi connectivity index (χ0) is 18.5. The molecule has 6 nitrogen and oxygen atoms in total. The zero-order valence-electron chi connectivity index (χ0n) is 14.5. The number of pyridine rings is 3. The Morgan fingerprint density at radius 3 is 2.74 bits per heavy atom. The lowest BCUT2D eigenvalue weighted by Gasteiger charge is -2.09. The molecule has 0 radical (unpaired) electrons. The fourth-order valence-corrected chi connectivity index (χ4v) is 2.75. The first-order valence-electron chi connectivity index (χ1n) is 8.54. The SMILES string of the molecule is O=C(NCc1cccnc1)c1cccc(Nc2nccc3ccccc23)n1. The Labute approximate surface area is 156 Å². The second-order valence-corrected chi connectivity index (χ2v) is 5.96. The molecular weight excluding hydrogens is 338 g/mol. The lowest BCUT2D eigenvalue weighted by molar-refractivity contribution is 0.0946. The summed E-state index contributed by atoms with van der Waals surface area (Å²) in [7, 11) is 0. The van der Waals surface area contributed by atoms with Crippen LogP contribution in [0.25, 0.3) is 10.8 Å². The van der Waals surface area contributed by atoms with Crippen molar-refractivity contribution in [3.8, 4) is 0 Å². The number of hydrogen-bond donors (Lipinski definition) is 2. The van der Waals surface area contributed by atoms with Crippen LogP contribution in [0, 0.1) is 0 Å². The minimum Gasteiger partial charge on any atom is -0.347 e. The average Bonchev–Trinajstić information content (AvgIpc) is 2.73. The highest BCUT2D eigenvalue weighted by atomic mass is 16.1. The van der Waals surface area contributed by atoms with Crippen molar-refractivity contribution in [1.82, 2.24) is 20.3 Å². The van der Waals surface area contributed by atoms with Gasteiger partial charge in [0.2, 0.25) is 0 Å². The van der Waals surface area contributed by atoms with E-state index in [0.29, 0.717) is 23.9 Å². The first kappa shape index (κ1) is 16.7. The van der Waals surface area contributed by atoms with E-state index in [-0.39, 0.29) is 5.91 Å². The maximum absolute atomic E-state index is 12.4. The maximum atomic E-state index is 12.4. The van der Waals surface area contributed by atoms with Crippen LogP contribution in [0.2, 0.25) is 0 Å². The van der Waals surface area contributed by atoms with E-state index in [1.54, 1.807) is 36.8 Å². The summed E-state index contributed by atoms with van der Waals surface area (Å²) in [5.41, 5.74) is 1.27. The predicted molar refractivity (Wildman–Crippen MR) is 105 cm³/mol. The Morgan fingerprint density at radius 2 is 1.85 bits per heavy atom. The van der Waals surface area contributed by atoms with Crippen LogP contribution < -0.4 is 10.6 Å². The van der Waals surface area contributed by atoms with Gasteiger partial charge in [-0.1, -0.05) is 36.4 Å². The predicted octanol–water partition coefficient (Wildman–Crippen LogP) is 3.70. The van der Waals surface area contributed by atoms with Crippen molar-refractivity contribution in [2.75, 3.05) is 5.32 Å². The van der Waals surface area contributed by atoms with Gasteiger partial charge in [-0.3, -0.25) is 9.78 Å². The third-order valence-corrected chi connectivity index (χ3v) is 4.08. The molecule has 1 aromatic carbocycles. The summed E-state index contributed by atoms with van der Waals surface area (Å²) in [6.07, 6.45) is 5.16. The van der Waals surface area contributed by atoms with Crippen LogP contribution in [0.3, 0.4) is 0 Å². The summed E-state index contributed by atoms with van der Waals surface area (Å²) in [5, 5.41) is 8.13. The third-order valence-electron chi connectivity index (χ3n) is 4.08. The van der Waals surface area contributed by atoms with Gasteiger partial charge in [0.1, 0.15) is 17.3 Å². The summed E-state index contributed by atoms with van der Waals surface area (Å²) in [6.45, 7) is 0.400. The number of hydrogen-bond acceptors (Lipinski definition) is 5. The smallest absolute Gasteiger partial charge is 0.270 e. The monoisotopic (exact) mass is 355 g/mol. The molecule has 6 heteroatoms. The van der Waals surface area contributed by atoms with Crippen LogP contribution >= 0.6 is 0 Å². The van der Waals surface area contributed by atoms with E-state index in [1.165, 1.54) is 0 Å². The number of amides is 1. The Kier molecular flexibility index (Phi) is 4.70. The van der Waals surface area contributed by atoms with Crippen LogP contribution in [0.1, 0.15) is 16.1 Å². The van der Waals surface area contributed by atoms with Gasteiger partial charge < -0.3 is 10.6 Å². The van der Waals surface area contributed by atoms with Crippen molar-refractivity contribution >= 4 is 28.3 Å². The Hall–Kier alpha value is -3.80. The van der Waals surface area contributed by atoms with Crippen molar-refractivity contribution in [3.05, 3.63) is 90.5 Å². The van der Waals surface area contributed by atoms with Crippen LogP contribution in [0.15, 0.2) is 79.3 Å². The van der Waals surface area contributed by atoms with Crippen LogP contribution in [0.4, 0.5) is 11.6 Å². The van der Waals surface area contributed by atoms with Crippen molar-refractivity contribution in [2.24, 2.45) is 0 Å². The molecule has 4 aromatic rings. The van der Waals surface area contributed by atoms with Gasteiger partial charge in [-0.25, -0.2) is 9.97 Å². The maximum Gasteiger partial charge on any atom is 0.270 e. The molecule has 0 saturated heterocycles. The van der Waals surface area contributed by atoms with Gasteiger partial charge in [-0.05, 0) is 35.2 Å². The molecule has 0 bridgehead atoms. The molecule has 0 spiro atoms. The molecule has 3 heterocycles. The average molecular weight is 355 g/mol. The molecule has 0 aliphatic rings. The number of carbonyl (C=O) groups is 1. The van der Waals surface area contributed by atoms with Gasteiger partial charge in [-0.15, -0.1) is 0 Å². The number of nitrogens with one attached hydrogen (secondary N) is 2. The van der Waals surface area contributed by atoms with Crippen LogP contribution in [-0.4, -0.2) is 20.9 Å². The molecule has 0 saturated carbocycles. The van der Waals surface area contributed by atoms with E-state index in [0.717, 1.165) is 16.3 Å². The molecule has 2 N–H and O–H groups in total. The van der Waals surface area contributed by atoms with E-state index >= 15 is 0 Å². The molecule has 4 rings (SSSR count). The second-order valence-electron chi connectivity index (χ2n) is 5.96. The van der Waals surface area contributed by atoms with E-state index in [2.05, 4.69) is 25.6 Å². The first-order valence-corrected chi connectivity index (χ1v) is 8.54. The highest BCUT2D eigenvalue weighted by Crippen LogP contribution is 2.23. The van der Waals surface area contributed by atoms with Gasteiger partial charge in [0.15, 0.2) is 0 Å². The van der Waals surface area contributed by atoms with Crippen molar-refractivity contribution < 1.29 is 4.79 Å². The normalized spacial score (nSPS) is 10.5. The molecule has 0 unspecified atom stereocenters. The van der Waals surface area contributed by atoms with E-state index in [1.807, 2.05) is 42.5 Å². The van der Waals surface area contributed by atoms with Crippen molar-refractivity contribution in [2.45, 2.75) is 6.54 Å². The summed E-state index contributed by atoms with van der Waals surface area (Å²) in [4.78, 5) is 25.2. The Balaban J connectivity index is 1.51. The molecule has 1 amide bonds. The van der Waals surface area contributed by atoms with Crippen molar-refractivity contribution in [3.63, 3.8) is 0 Å². The molecule has 27 heavy (non-hydrogen) atoms. The quantitative estimate of drug-likeness (QED) is 0.571. The van der Waals surface area contributed by atoms with E-state index in [9.17, 15) is 4.79 Å². The third kappa shape index (κ3) is 3.90. The minimum atomic E-state index is -0.242. The minimum absolute atomic E-state index is 0.242. The molecule has 132 valence electrons. The van der Waals surface area contributed by atoms with E-state index in [4.69, 9.17) is 0 Å². The number of fused-ring (bicyclic) bond motifs is 1. The fourth-order valence-electron chi connectivity index (χ4n) is 2.75. The largest absolute Gasteiger partial charge is 0.347 e. The number of aromatic nitrogens is 3. The van der Waals surface area contributed by atoms with Gasteiger partial charge >= 0.3 is 0 Å². The van der Waals surface area contributed by atoms with Gasteiger partial charge in [-0.2, -0.15) is 0 Å². The van der Waals surface area contributed by atoms with Crippen LogP contribution in [-0.2, 0) is 6.54 Å². The molecule has 0 aliphatic carbocycles. The van der Waals surface area contributed by atoms with Gasteiger partial charge in [0.05, 0.1) is 0 Å². The number of nitrogens with zero attached hydrogens (tertiary/aromatic N) is 3. The first-order chi connectivity index (χ1) is 13.3.